The second-order valence-electron chi connectivity index (χ2n) is 9.34. The van der Waals surface area contributed by atoms with Crippen LogP contribution in [0.15, 0.2) is 53.4 Å². The number of para-hydroxylation sites is 1. The molecule has 1 aromatic carbocycles. The smallest absolute Gasteiger partial charge is 0.393 e. The molecule has 4 heterocycles. The fourth-order valence-corrected chi connectivity index (χ4v) is 6.32. The highest BCUT2D eigenvalue weighted by Gasteiger charge is 2.56. The average Bonchev–Trinajstić information content (AvgIpc) is 3.20. The minimum atomic E-state index is -4.00. The second kappa shape index (κ2) is 7.24. The number of aryl methyl sites for hydroxylation is 1. The van der Waals surface area contributed by atoms with Crippen molar-refractivity contribution in [1.29, 1.82) is 0 Å². The van der Waals surface area contributed by atoms with E-state index in [2.05, 4.69) is 36.6 Å². The summed E-state index contributed by atoms with van der Waals surface area (Å²) in [7, 11) is 2.02. The predicted octanol–water partition coefficient (Wildman–Crippen LogP) is 5.85. The van der Waals surface area contributed by atoms with Gasteiger partial charge in [0, 0.05) is 41.5 Å². The molecule has 5 rings (SSSR count). The van der Waals surface area contributed by atoms with E-state index in [1.54, 1.807) is 0 Å². The standard InChI is InChI=1S/C27H31BF2N3/c1-8-20-16(3)26-25(23-14-15-31(7)24-13-11-10-12-22(23)24)27-17(4)21(9-2)19(6)33(27)28(29,30)32(26)18(20)5/h10-15H,8-9H2,1-7H3/q+1. The number of hydrogen-bond acceptors (Lipinski definition) is 0. The van der Waals surface area contributed by atoms with E-state index in [4.69, 9.17) is 0 Å². The quantitative estimate of drug-likeness (QED) is 0.353. The number of nitrogens with zero attached hydrogens (tertiary/aromatic N) is 3. The zero-order valence-corrected chi connectivity index (χ0v) is 20.6. The van der Waals surface area contributed by atoms with Crippen molar-refractivity contribution < 1.29 is 17.7 Å². The number of hydrogen-bond donors (Lipinski definition) is 0. The lowest BCUT2D eigenvalue weighted by Gasteiger charge is -2.34. The van der Waals surface area contributed by atoms with Crippen molar-refractivity contribution in [3.8, 4) is 0 Å². The Morgan fingerprint density at radius 2 is 1.67 bits per heavy atom. The Bertz CT molecular complexity index is 1450. The molecule has 0 unspecified atom stereocenters. The Morgan fingerprint density at radius 3 is 2.33 bits per heavy atom. The van der Waals surface area contributed by atoms with Crippen molar-refractivity contribution >= 4 is 29.2 Å². The monoisotopic (exact) mass is 446 g/mol. The van der Waals surface area contributed by atoms with Crippen LogP contribution in [0.3, 0.4) is 0 Å². The fourth-order valence-electron chi connectivity index (χ4n) is 6.32. The summed E-state index contributed by atoms with van der Waals surface area (Å²) < 4.78 is 37.6. The Balaban J connectivity index is 2.04. The predicted molar refractivity (Wildman–Crippen MR) is 132 cm³/mol. The van der Waals surface area contributed by atoms with Gasteiger partial charge >= 0.3 is 6.97 Å². The van der Waals surface area contributed by atoms with Crippen LogP contribution in [0, 0.1) is 13.8 Å². The molecule has 2 aliphatic heterocycles. The molecular weight excluding hydrogens is 415 g/mol. The van der Waals surface area contributed by atoms with E-state index in [0.717, 1.165) is 57.2 Å². The van der Waals surface area contributed by atoms with Gasteiger partial charge in [-0.25, -0.2) is 4.57 Å². The van der Waals surface area contributed by atoms with Gasteiger partial charge in [-0.1, -0.05) is 26.0 Å². The maximum Gasteiger partial charge on any atom is 0.737 e. The first-order valence-corrected chi connectivity index (χ1v) is 11.8. The van der Waals surface area contributed by atoms with Crippen LogP contribution < -0.4 is 4.57 Å². The molecule has 0 saturated carbocycles. The molecule has 0 aliphatic carbocycles. The van der Waals surface area contributed by atoms with Gasteiger partial charge in [-0.2, -0.15) is 0 Å². The molecule has 0 bridgehead atoms. The lowest BCUT2D eigenvalue weighted by atomic mass is 9.83. The van der Waals surface area contributed by atoms with E-state index in [1.165, 1.54) is 8.96 Å². The largest absolute Gasteiger partial charge is 0.737 e. The Hall–Kier alpha value is -3.02. The third-order valence-electron chi connectivity index (χ3n) is 7.80. The second-order valence-corrected chi connectivity index (χ2v) is 9.34. The maximum atomic E-state index is 16.4. The summed E-state index contributed by atoms with van der Waals surface area (Å²) in [5.41, 5.74) is 9.66. The molecule has 2 aliphatic rings. The lowest BCUT2D eigenvalue weighted by Crippen LogP contribution is -2.51. The SMILES string of the molecule is CCC1=C(C)C2=C(c3cc[n+](C)c4ccccc34)c3c(C)c(CC)c(C)n3[B-](F)(F)[N+]2=C1C. The summed E-state index contributed by atoms with van der Waals surface area (Å²) in [6.07, 6.45) is 3.50. The molecule has 0 fully saturated rings. The first-order chi connectivity index (χ1) is 15.7. The van der Waals surface area contributed by atoms with E-state index < -0.39 is 6.97 Å². The highest BCUT2D eigenvalue weighted by atomic mass is 19.2. The fraction of sp³-hybridized carbons (Fsp3) is 0.333. The van der Waals surface area contributed by atoms with Crippen LogP contribution in [0.2, 0.25) is 0 Å². The number of allylic oxidation sites excluding steroid dienone is 2. The number of fused-ring (bicyclic) bond motifs is 3. The van der Waals surface area contributed by atoms with E-state index >= 15 is 8.63 Å². The molecule has 3 nitrogen and oxygen atoms in total. The summed E-state index contributed by atoms with van der Waals surface area (Å²) in [6, 6.07) is 10.3. The zero-order chi connectivity index (χ0) is 23.8. The van der Waals surface area contributed by atoms with Crippen molar-refractivity contribution in [3.63, 3.8) is 0 Å². The first-order valence-electron chi connectivity index (χ1n) is 11.8. The van der Waals surface area contributed by atoms with Crippen LogP contribution in [0.5, 0.6) is 0 Å². The van der Waals surface area contributed by atoms with Crippen LogP contribution in [-0.2, 0) is 13.5 Å². The molecule has 0 saturated heterocycles. The normalized spacial score (nSPS) is 17.4. The topological polar surface area (TPSA) is 11.8 Å². The number of aromatic nitrogens is 2. The van der Waals surface area contributed by atoms with Crippen molar-refractivity contribution in [2.24, 2.45) is 7.05 Å². The Morgan fingerprint density at radius 1 is 0.970 bits per heavy atom. The first kappa shape index (κ1) is 21.8. The van der Waals surface area contributed by atoms with E-state index in [1.807, 2.05) is 53.1 Å². The van der Waals surface area contributed by atoms with Gasteiger partial charge in [-0.3, -0.25) is 0 Å². The lowest BCUT2D eigenvalue weighted by molar-refractivity contribution is -0.644. The third-order valence-corrected chi connectivity index (χ3v) is 7.80. The molecule has 0 radical (unpaired) electrons. The highest BCUT2D eigenvalue weighted by molar-refractivity contribution is 6.58. The van der Waals surface area contributed by atoms with Gasteiger partial charge in [0.05, 0.1) is 11.0 Å². The van der Waals surface area contributed by atoms with Gasteiger partial charge in [0.15, 0.2) is 11.9 Å². The van der Waals surface area contributed by atoms with Gasteiger partial charge in [0.2, 0.25) is 5.52 Å². The van der Waals surface area contributed by atoms with Crippen LogP contribution >= 0.6 is 0 Å². The maximum absolute atomic E-state index is 16.4. The van der Waals surface area contributed by atoms with Crippen LogP contribution in [-0.4, -0.2) is 21.6 Å². The minimum absolute atomic E-state index is 0.670. The molecule has 3 aromatic rings. The summed E-state index contributed by atoms with van der Waals surface area (Å²) in [5, 5.41) is 1.07. The van der Waals surface area contributed by atoms with Gasteiger partial charge in [0.1, 0.15) is 12.8 Å². The number of halogens is 2. The van der Waals surface area contributed by atoms with Crippen molar-refractivity contribution in [2.45, 2.75) is 54.4 Å². The summed E-state index contributed by atoms with van der Waals surface area (Å²) >= 11 is 0. The molecule has 170 valence electrons. The summed E-state index contributed by atoms with van der Waals surface area (Å²) in [6.45, 7) is 7.82. The van der Waals surface area contributed by atoms with Crippen LogP contribution in [0.25, 0.3) is 16.5 Å². The van der Waals surface area contributed by atoms with Crippen molar-refractivity contribution in [2.75, 3.05) is 0 Å². The van der Waals surface area contributed by atoms with Gasteiger partial charge in [-0.15, -0.1) is 0 Å². The molecule has 33 heavy (non-hydrogen) atoms. The Labute approximate surface area is 194 Å². The average molecular weight is 446 g/mol. The van der Waals surface area contributed by atoms with E-state index in [-0.39, 0.29) is 0 Å². The van der Waals surface area contributed by atoms with E-state index in [0.29, 0.717) is 22.8 Å². The number of pyridine rings is 1. The van der Waals surface area contributed by atoms with Crippen molar-refractivity contribution in [3.05, 3.63) is 81.5 Å². The molecular formula is C27H31BF2N3+. The molecule has 0 amide bonds. The summed E-state index contributed by atoms with van der Waals surface area (Å²) in [5.74, 6) is 0. The number of benzene rings is 1. The minimum Gasteiger partial charge on any atom is -0.393 e. The van der Waals surface area contributed by atoms with Gasteiger partial charge < -0.3 is 17.6 Å². The zero-order valence-electron chi connectivity index (χ0n) is 20.6. The van der Waals surface area contributed by atoms with Gasteiger partial charge in [0.25, 0.3) is 0 Å². The van der Waals surface area contributed by atoms with Crippen molar-refractivity contribution in [1.82, 2.24) is 4.48 Å². The molecule has 2 aromatic heterocycles. The summed E-state index contributed by atoms with van der Waals surface area (Å²) in [4.78, 5) is 0. The third kappa shape index (κ3) is 2.67. The van der Waals surface area contributed by atoms with Crippen LogP contribution in [0.4, 0.5) is 8.63 Å². The Kier molecular flexibility index (Phi) is 4.79. The molecule has 0 atom stereocenters. The van der Waals surface area contributed by atoms with Gasteiger partial charge in [-0.05, 0) is 56.5 Å². The molecule has 0 N–H and O–H groups in total. The van der Waals surface area contributed by atoms with E-state index in [9.17, 15) is 0 Å². The highest BCUT2D eigenvalue weighted by Crippen LogP contribution is 2.47. The van der Waals surface area contributed by atoms with Crippen LogP contribution in [0.1, 0.15) is 62.2 Å². The number of rotatable bonds is 3. The molecule has 0 spiro atoms. The molecule has 6 heteroatoms.